The first-order chi connectivity index (χ1) is 14.0. The molecule has 5 nitrogen and oxygen atoms in total. The maximum Gasteiger partial charge on any atom is 0.438 e. The van der Waals surface area contributed by atoms with Gasteiger partial charge in [0, 0.05) is 11.1 Å². The molecule has 10 heteroatoms. The molecule has 0 fully saturated rings. The number of amides is 1. The van der Waals surface area contributed by atoms with Gasteiger partial charge in [0.05, 0.1) is 18.4 Å². The summed E-state index contributed by atoms with van der Waals surface area (Å²) >= 11 is 0. The molecule has 0 heterocycles. The highest BCUT2D eigenvalue weighted by Crippen LogP contribution is 2.39. The van der Waals surface area contributed by atoms with Crippen LogP contribution in [0.3, 0.4) is 0 Å². The van der Waals surface area contributed by atoms with Crippen LogP contribution < -0.4 is 9.80 Å². The summed E-state index contributed by atoms with van der Waals surface area (Å²) in [5.74, 6) is -0.547. The highest BCUT2D eigenvalue weighted by molar-refractivity contribution is 5.86. The summed E-state index contributed by atoms with van der Waals surface area (Å²) in [7, 11) is 0.965. The number of nitrogens with zero attached hydrogens (tertiary/aromatic N) is 1. The molecule has 164 valence electrons. The molecular formula is C20H20F5NO4. The lowest BCUT2D eigenvalue weighted by Crippen LogP contribution is -2.28. The Morgan fingerprint density at radius 1 is 1.23 bits per heavy atom. The summed E-state index contributed by atoms with van der Waals surface area (Å²) in [6.45, 7) is 2.56. The lowest BCUT2D eigenvalue weighted by atomic mass is 10.0. The number of ether oxygens (including phenoxy) is 2. The fraction of sp³-hybridized carbons (Fsp3) is 0.350. The number of hydrogen-bond donors (Lipinski definition) is 1. The second kappa shape index (κ2) is 9.29. The maximum absolute atomic E-state index is 13.5. The van der Waals surface area contributed by atoms with Gasteiger partial charge in [0.15, 0.2) is 0 Å². The Labute approximate surface area is 169 Å². The van der Waals surface area contributed by atoms with Crippen LogP contribution in [-0.4, -0.2) is 18.4 Å². The molecule has 30 heavy (non-hydrogen) atoms. The van der Waals surface area contributed by atoms with Gasteiger partial charge < -0.3 is 9.47 Å². The van der Waals surface area contributed by atoms with E-state index in [0.717, 1.165) is 31.4 Å². The Hall–Kier alpha value is -2.88. The number of carbonyl (C=O) groups excluding carboxylic acids is 1. The molecule has 0 aliphatic heterocycles. The van der Waals surface area contributed by atoms with E-state index in [0.29, 0.717) is 17.5 Å². The van der Waals surface area contributed by atoms with Gasteiger partial charge in [0.1, 0.15) is 12.4 Å². The molecule has 0 bridgehead atoms. The molecular weight excluding hydrogens is 413 g/mol. The van der Waals surface area contributed by atoms with E-state index in [9.17, 15) is 32.0 Å². The van der Waals surface area contributed by atoms with E-state index in [1.54, 1.807) is 13.8 Å². The summed E-state index contributed by atoms with van der Waals surface area (Å²) in [6, 6.07) is 5.46. The summed E-state index contributed by atoms with van der Waals surface area (Å²) in [5, 5.41) is 9.93. The Bertz CT molecular complexity index is 915. The lowest BCUT2D eigenvalue weighted by molar-refractivity contribution is -0.139. The monoisotopic (exact) mass is 433 g/mol. The number of anilines is 1. The third-order valence-electron chi connectivity index (χ3n) is 4.49. The molecule has 0 saturated heterocycles. The number of benzene rings is 2. The van der Waals surface area contributed by atoms with Gasteiger partial charge in [0.25, 0.3) is 6.43 Å². The second-order valence-corrected chi connectivity index (χ2v) is 6.34. The number of hydroxylamine groups is 1. The lowest BCUT2D eigenvalue weighted by Gasteiger charge is -2.21. The van der Waals surface area contributed by atoms with E-state index in [-0.39, 0.29) is 10.6 Å². The number of aryl methyl sites for hydroxylation is 2. The molecule has 0 spiro atoms. The average molecular weight is 433 g/mol. The van der Waals surface area contributed by atoms with Crippen molar-refractivity contribution in [2.45, 2.75) is 39.5 Å². The van der Waals surface area contributed by atoms with E-state index >= 15 is 0 Å². The molecule has 0 aromatic heterocycles. The fourth-order valence-corrected chi connectivity index (χ4v) is 2.94. The van der Waals surface area contributed by atoms with Gasteiger partial charge in [-0.3, -0.25) is 5.21 Å². The molecule has 0 aliphatic rings. The van der Waals surface area contributed by atoms with Crippen LogP contribution in [-0.2, 0) is 23.9 Å². The summed E-state index contributed by atoms with van der Waals surface area (Å²) in [4.78, 5) is 11.6. The zero-order chi connectivity index (χ0) is 22.6. The number of rotatable bonds is 6. The average Bonchev–Trinajstić information content (AvgIpc) is 2.69. The zero-order valence-corrected chi connectivity index (χ0v) is 16.4. The van der Waals surface area contributed by atoms with Crippen LogP contribution in [0.25, 0.3) is 0 Å². The minimum absolute atomic E-state index is 0.0132. The Morgan fingerprint density at radius 3 is 2.43 bits per heavy atom. The van der Waals surface area contributed by atoms with Crippen molar-refractivity contribution in [2.75, 3.05) is 12.2 Å². The van der Waals surface area contributed by atoms with Gasteiger partial charge >= 0.3 is 12.3 Å². The third kappa shape index (κ3) is 4.99. The third-order valence-corrected chi connectivity index (χ3v) is 4.49. The number of alkyl halides is 5. The maximum atomic E-state index is 13.5. The Morgan fingerprint density at radius 2 is 1.90 bits per heavy atom. The van der Waals surface area contributed by atoms with E-state index < -0.39 is 47.9 Å². The number of carbonyl (C=O) groups is 1. The van der Waals surface area contributed by atoms with Gasteiger partial charge in [-0.25, -0.2) is 13.6 Å². The van der Waals surface area contributed by atoms with Crippen molar-refractivity contribution >= 4 is 11.8 Å². The normalized spacial score (nSPS) is 11.5. The molecule has 0 aliphatic carbocycles. The van der Waals surface area contributed by atoms with Crippen molar-refractivity contribution in [1.29, 1.82) is 0 Å². The first-order valence-electron chi connectivity index (χ1n) is 8.81. The topological polar surface area (TPSA) is 59.0 Å². The van der Waals surface area contributed by atoms with Gasteiger partial charge in [-0.1, -0.05) is 19.1 Å². The molecule has 2 aromatic rings. The number of halogens is 5. The van der Waals surface area contributed by atoms with Crippen LogP contribution in [0.5, 0.6) is 5.75 Å². The molecule has 1 amide bonds. The minimum atomic E-state index is -4.73. The van der Waals surface area contributed by atoms with Crippen molar-refractivity contribution in [2.24, 2.45) is 0 Å². The molecule has 1 N–H and O–H groups in total. The van der Waals surface area contributed by atoms with Crippen LogP contribution in [0.4, 0.5) is 32.4 Å². The molecule has 0 unspecified atom stereocenters. The van der Waals surface area contributed by atoms with Gasteiger partial charge in [0.2, 0.25) is 0 Å². The fourth-order valence-electron chi connectivity index (χ4n) is 2.94. The van der Waals surface area contributed by atoms with Crippen LogP contribution in [0.1, 0.15) is 41.2 Å². The number of methoxy groups -OCH3 is 1. The Balaban J connectivity index is 2.51. The van der Waals surface area contributed by atoms with E-state index in [2.05, 4.69) is 4.74 Å². The first-order valence-corrected chi connectivity index (χ1v) is 8.81. The zero-order valence-electron chi connectivity index (χ0n) is 16.4. The molecule has 0 atom stereocenters. The van der Waals surface area contributed by atoms with Gasteiger partial charge in [-0.2, -0.15) is 18.2 Å². The highest BCUT2D eigenvalue weighted by Gasteiger charge is 2.35. The quantitative estimate of drug-likeness (QED) is 0.342. The van der Waals surface area contributed by atoms with Crippen molar-refractivity contribution in [3.05, 3.63) is 58.1 Å². The smallest absolute Gasteiger partial charge is 0.438 e. The van der Waals surface area contributed by atoms with Gasteiger partial charge in [-0.05, 0) is 42.7 Å². The van der Waals surface area contributed by atoms with Crippen LogP contribution in [0.2, 0.25) is 0 Å². The standard InChI is InChI=1S/C20H20F5NO4/c1-4-12-9-15(20(23,24)25)17(8-11(12)2)30-10-14-13(18(21)22)6-5-7-16(14)26(28)19(27)29-3/h5-9,18,28H,4,10H2,1-3H3. The summed E-state index contributed by atoms with van der Waals surface area (Å²) < 4.78 is 77.0. The number of hydrogen-bond acceptors (Lipinski definition) is 4. The molecule has 0 saturated carbocycles. The van der Waals surface area contributed by atoms with Gasteiger partial charge in [-0.15, -0.1) is 0 Å². The Kier molecular flexibility index (Phi) is 7.25. The molecule has 2 rings (SSSR count). The summed E-state index contributed by atoms with van der Waals surface area (Å²) in [5.41, 5.74) is -1.39. The van der Waals surface area contributed by atoms with E-state index in [4.69, 9.17) is 4.74 Å². The van der Waals surface area contributed by atoms with Crippen LogP contribution in [0.15, 0.2) is 30.3 Å². The van der Waals surface area contributed by atoms with E-state index in [1.165, 1.54) is 6.07 Å². The largest absolute Gasteiger partial charge is 0.488 e. The van der Waals surface area contributed by atoms with Crippen molar-refractivity contribution in [3.63, 3.8) is 0 Å². The van der Waals surface area contributed by atoms with Crippen LogP contribution >= 0.6 is 0 Å². The minimum Gasteiger partial charge on any atom is -0.488 e. The molecule has 2 aromatic carbocycles. The highest BCUT2D eigenvalue weighted by atomic mass is 19.4. The predicted octanol–water partition coefficient (Wildman–Crippen LogP) is 6.05. The molecule has 0 radical (unpaired) electrons. The van der Waals surface area contributed by atoms with Crippen molar-refractivity contribution in [1.82, 2.24) is 0 Å². The predicted molar refractivity (Wildman–Crippen MR) is 98.0 cm³/mol. The first kappa shape index (κ1) is 23.4. The van der Waals surface area contributed by atoms with E-state index in [1.807, 2.05) is 0 Å². The SMILES string of the molecule is CCc1cc(C(F)(F)F)c(OCc2c(C(F)F)cccc2N(O)C(=O)OC)cc1C. The van der Waals surface area contributed by atoms with Crippen LogP contribution in [0, 0.1) is 6.92 Å². The van der Waals surface area contributed by atoms with Crippen molar-refractivity contribution < 1.29 is 41.4 Å². The second-order valence-electron chi connectivity index (χ2n) is 6.34. The van der Waals surface area contributed by atoms with Crippen molar-refractivity contribution in [3.8, 4) is 5.75 Å². The summed E-state index contributed by atoms with van der Waals surface area (Å²) in [6.07, 6.45) is -8.65.